The predicted octanol–water partition coefficient (Wildman–Crippen LogP) is 3.26. The second-order valence-corrected chi connectivity index (χ2v) is 5.08. The van der Waals surface area contributed by atoms with Gasteiger partial charge in [0, 0.05) is 16.6 Å². The molecule has 1 N–H and O–H groups in total. The fourth-order valence-corrected chi connectivity index (χ4v) is 2.36. The monoisotopic (exact) mass is 329 g/mol. The number of hydrogen-bond donors (Lipinski definition) is 1. The van der Waals surface area contributed by atoms with Gasteiger partial charge in [0.15, 0.2) is 11.6 Å². The van der Waals surface area contributed by atoms with Crippen LogP contribution < -0.4 is 0 Å². The highest BCUT2D eigenvalue weighted by molar-refractivity contribution is 9.10. The Kier molecular flexibility index (Phi) is 4.37. The van der Waals surface area contributed by atoms with Crippen LogP contribution in [-0.2, 0) is 13.2 Å². The summed E-state index contributed by atoms with van der Waals surface area (Å²) < 4.78 is 2.71. The lowest BCUT2D eigenvalue weighted by Crippen LogP contribution is -2.05. The Balaban J connectivity index is 2.56. The van der Waals surface area contributed by atoms with Gasteiger partial charge in [0.2, 0.25) is 0 Å². The van der Waals surface area contributed by atoms with E-state index in [0.29, 0.717) is 16.7 Å². The Bertz CT molecular complexity index is 556. The molecule has 1 heterocycles. The number of halogens is 2. The lowest BCUT2D eigenvalue weighted by molar-refractivity contribution is 0.264. The molecule has 1 aromatic heterocycles. The topological polar surface area (TPSA) is 50.9 Å². The average molecular weight is 331 g/mol. The van der Waals surface area contributed by atoms with Crippen LogP contribution in [0, 0.1) is 0 Å². The molecule has 0 radical (unpaired) electrons. The summed E-state index contributed by atoms with van der Waals surface area (Å²) in [6.07, 6.45) is 0.934. The van der Waals surface area contributed by atoms with Gasteiger partial charge in [0.1, 0.15) is 6.61 Å². The number of aliphatic hydroxyl groups excluding tert-OH is 1. The summed E-state index contributed by atoms with van der Waals surface area (Å²) in [5.41, 5.74) is 0.812. The Labute approximate surface area is 119 Å². The minimum atomic E-state index is -0.126. The summed E-state index contributed by atoms with van der Waals surface area (Å²) in [6.45, 7) is 2.69. The van der Waals surface area contributed by atoms with E-state index in [1.54, 1.807) is 0 Å². The van der Waals surface area contributed by atoms with Gasteiger partial charge in [0.05, 0.1) is 5.02 Å². The van der Waals surface area contributed by atoms with Crippen LogP contribution in [-0.4, -0.2) is 19.9 Å². The SMILES string of the molecule is CCCn1c(CO)nnc1-c1cccc(Br)c1Cl. The molecule has 96 valence electrons. The maximum atomic E-state index is 9.26. The molecular weight excluding hydrogens is 318 g/mol. The molecule has 2 rings (SSSR count). The van der Waals surface area contributed by atoms with Crippen LogP contribution >= 0.6 is 27.5 Å². The van der Waals surface area contributed by atoms with Gasteiger partial charge in [-0.2, -0.15) is 0 Å². The Morgan fingerprint density at radius 3 is 2.83 bits per heavy atom. The van der Waals surface area contributed by atoms with Crippen molar-refractivity contribution in [1.29, 1.82) is 0 Å². The van der Waals surface area contributed by atoms with Crippen molar-refractivity contribution in [3.63, 3.8) is 0 Å². The highest BCUT2D eigenvalue weighted by Gasteiger charge is 2.16. The van der Waals surface area contributed by atoms with E-state index in [2.05, 4.69) is 33.1 Å². The molecular formula is C12H13BrClN3O. The molecule has 0 fully saturated rings. The maximum absolute atomic E-state index is 9.26. The van der Waals surface area contributed by atoms with Crippen molar-refractivity contribution < 1.29 is 5.11 Å². The number of aromatic nitrogens is 3. The van der Waals surface area contributed by atoms with E-state index in [-0.39, 0.29) is 6.61 Å². The molecule has 0 unspecified atom stereocenters. The Morgan fingerprint density at radius 1 is 1.39 bits per heavy atom. The number of hydrogen-bond acceptors (Lipinski definition) is 3. The van der Waals surface area contributed by atoms with Crippen LogP contribution in [0.5, 0.6) is 0 Å². The van der Waals surface area contributed by atoms with E-state index in [1.165, 1.54) is 0 Å². The summed E-state index contributed by atoms with van der Waals surface area (Å²) in [6, 6.07) is 5.67. The van der Waals surface area contributed by atoms with Crippen LogP contribution in [0.1, 0.15) is 19.2 Å². The van der Waals surface area contributed by atoms with Crippen LogP contribution in [0.2, 0.25) is 5.02 Å². The number of rotatable bonds is 4. The standard InChI is InChI=1S/C12H13BrClN3O/c1-2-6-17-10(7-18)15-16-12(17)8-4-3-5-9(13)11(8)14/h3-5,18H,2,6-7H2,1H3. The number of benzene rings is 1. The quantitative estimate of drug-likeness (QED) is 0.936. The van der Waals surface area contributed by atoms with Crippen LogP contribution in [0.3, 0.4) is 0 Å². The molecule has 0 aliphatic carbocycles. The van der Waals surface area contributed by atoms with Crippen molar-refractivity contribution in [2.45, 2.75) is 26.5 Å². The van der Waals surface area contributed by atoms with Gasteiger partial charge in [-0.15, -0.1) is 10.2 Å². The third kappa shape index (κ3) is 2.43. The first kappa shape index (κ1) is 13.5. The maximum Gasteiger partial charge on any atom is 0.165 e. The third-order valence-electron chi connectivity index (χ3n) is 2.61. The average Bonchev–Trinajstić information content (AvgIpc) is 2.76. The lowest BCUT2D eigenvalue weighted by Gasteiger charge is -2.09. The highest BCUT2D eigenvalue weighted by atomic mass is 79.9. The minimum absolute atomic E-state index is 0.126. The molecule has 0 spiro atoms. The summed E-state index contributed by atoms with van der Waals surface area (Å²) in [7, 11) is 0. The Morgan fingerprint density at radius 2 is 2.17 bits per heavy atom. The van der Waals surface area contributed by atoms with E-state index in [4.69, 9.17) is 11.6 Å². The smallest absolute Gasteiger partial charge is 0.165 e. The minimum Gasteiger partial charge on any atom is -0.388 e. The van der Waals surface area contributed by atoms with E-state index >= 15 is 0 Å². The molecule has 0 aliphatic rings. The zero-order valence-electron chi connectivity index (χ0n) is 9.90. The molecule has 6 heteroatoms. The van der Waals surface area contributed by atoms with Crippen molar-refractivity contribution in [3.05, 3.63) is 33.5 Å². The third-order valence-corrected chi connectivity index (χ3v) is 3.90. The molecule has 2 aromatic rings. The summed E-state index contributed by atoms with van der Waals surface area (Å²) in [5, 5.41) is 18.0. The van der Waals surface area contributed by atoms with E-state index in [1.807, 2.05) is 22.8 Å². The first-order chi connectivity index (χ1) is 8.69. The van der Waals surface area contributed by atoms with Crippen molar-refractivity contribution in [2.75, 3.05) is 0 Å². The second kappa shape index (κ2) is 5.82. The first-order valence-corrected chi connectivity index (χ1v) is 6.83. The summed E-state index contributed by atoms with van der Waals surface area (Å²) >= 11 is 9.65. The van der Waals surface area contributed by atoms with Crippen molar-refractivity contribution >= 4 is 27.5 Å². The Hall–Kier alpha value is -0.910. The van der Waals surface area contributed by atoms with Gasteiger partial charge in [0.25, 0.3) is 0 Å². The molecule has 0 atom stereocenters. The van der Waals surface area contributed by atoms with Crippen LogP contribution in [0.4, 0.5) is 0 Å². The van der Waals surface area contributed by atoms with E-state index in [0.717, 1.165) is 23.0 Å². The number of aliphatic hydroxyl groups is 1. The van der Waals surface area contributed by atoms with Gasteiger partial charge in [-0.3, -0.25) is 0 Å². The molecule has 4 nitrogen and oxygen atoms in total. The van der Waals surface area contributed by atoms with Gasteiger partial charge >= 0.3 is 0 Å². The molecule has 0 saturated carbocycles. The lowest BCUT2D eigenvalue weighted by atomic mass is 10.2. The molecule has 0 saturated heterocycles. The van der Waals surface area contributed by atoms with Crippen molar-refractivity contribution in [3.8, 4) is 11.4 Å². The van der Waals surface area contributed by atoms with Crippen molar-refractivity contribution in [2.24, 2.45) is 0 Å². The van der Waals surface area contributed by atoms with Crippen LogP contribution in [0.15, 0.2) is 22.7 Å². The molecule has 0 amide bonds. The normalized spacial score (nSPS) is 10.9. The zero-order valence-corrected chi connectivity index (χ0v) is 12.2. The van der Waals surface area contributed by atoms with E-state index < -0.39 is 0 Å². The van der Waals surface area contributed by atoms with Gasteiger partial charge < -0.3 is 9.67 Å². The molecule has 0 aliphatic heterocycles. The molecule has 18 heavy (non-hydrogen) atoms. The van der Waals surface area contributed by atoms with Gasteiger partial charge in [-0.1, -0.05) is 24.6 Å². The first-order valence-electron chi connectivity index (χ1n) is 5.66. The fourth-order valence-electron chi connectivity index (χ4n) is 1.79. The highest BCUT2D eigenvalue weighted by Crippen LogP contribution is 2.33. The number of nitrogens with zero attached hydrogens (tertiary/aromatic N) is 3. The van der Waals surface area contributed by atoms with Gasteiger partial charge in [-0.05, 0) is 34.5 Å². The molecule has 1 aromatic carbocycles. The summed E-state index contributed by atoms with van der Waals surface area (Å²) in [5.74, 6) is 1.25. The van der Waals surface area contributed by atoms with E-state index in [9.17, 15) is 5.11 Å². The zero-order chi connectivity index (χ0) is 13.1. The van der Waals surface area contributed by atoms with Gasteiger partial charge in [-0.25, -0.2) is 0 Å². The summed E-state index contributed by atoms with van der Waals surface area (Å²) in [4.78, 5) is 0. The van der Waals surface area contributed by atoms with Crippen LogP contribution in [0.25, 0.3) is 11.4 Å². The molecule has 0 bridgehead atoms. The largest absolute Gasteiger partial charge is 0.388 e. The fraction of sp³-hybridized carbons (Fsp3) is 0.333. The van der Waals surface area contributed by atoms with Crippen molar-refractivity contribution in [1.82, 2.24) is 14.8 Å². The second-order valence-electron chi connectivity index (χ2n) is 3.85. The predicted molar refractivity (Wildman–Crippen MR) is 74.4 cm³/mol.